The Morgan fingerprint density at radius 2 is 2.05 bits per heavy atom. The first-order chi connectivity index (χ1) is 10.2. The molecular weight excluding hydrogens is 274 g/mol. The summed E-state index contributed by atoms with van der Waals surface area (Å²) in [6.07, 6.45) is 0. The Morgan fingerprint density at radius 1 is 1.29 bits per heavy atom. The van der Waals surface area contributed by atoms with Crippen LogP contribution in [-0.4, -0.2) is 53.5 Å². The van der Waals surface area contributed by atoms with Crippen molar-refractivity contribution in [1.29, 1.82) is 0 Å². The third-order valence-corrected chi connectivity index (χ3v) is 2.71. The summed E-state index contributed by atoms with van der Waals surface area (Å²) in [6.45, 7) is 0.940. The maximum atomic E-state index is 11.6. The van der Waals surface area contributed by atoms with Crippen LogP contribution in [0, 0.1) is 0 Å². The van der Waals surface area contributed by atoms with Crippen LogP contribution in [0.2, 0.25) is 0 Å². The van der Waals surface area contributed by atoms with Crippen molar-refractivity contribution in [3.8, 4) is 17.1 Å². The Hall–Kier alpha value is -2.48. The van der Waals surface area contributed by atoms with Crippen LogP contribution in [0.4, 0.5) is 0 Å². The summed E-state index contributed by atoms with van der Waals surface area (Å²) < 4.78 is 9.93. The number of nitrogens with one attached hydrogen (secondary N) is 1. The molecule has 0 aliphatic rings. The van der Waals surface area contributed by atoms with E-state index in [4.69, 9.17) is 9.47 Å². The molecule has 0 unspecified atom stereocenters. The van der Waals surface area contributed by atoms with Gasteiger partial charge in [0.2, 0.25) is 11.7 Å². The summed E-state index contributed by atoms with van der Waals surface area (Å²) in [5, 5.41) is 14.6. The van der Waals surface area contributed by atoms with Crippen molar-refractivity contribution in [2.75, 3.05) is 27.4 Å². The number of carbonyl (C=O) groups is 1. The maximum absolute atomic E-state index is 11.6. The van der Waals surface area contributed by atoms with Gasteiger partial charge in [-0.1, -0.05) is 0 Å². The number of ether oxygens (including phenoxy) is 2. The molecule has 0 bridgehead atoms. The van der Waals surface area contributed by atoms with Gasteiger partial charge in [-0.25, -0.2) is 0 Å². The molecule has 0 radical (unpaired) electrons. The highest BCUT2D eigenvalue weighted by Crippen LogP contribution is 2.18. The Kier molecular flexibility index (Phi) is 5.22. The number of carbonyl (C=O) groups excluding carboxylic acids is 1. The first-order valence-electron chi connectivity index (χ1n) is 6.41. The average Bonchev–Trinajstić information content (AvgIpc) is 2.96. The van der Waals surface area contributed by atoms with Crippen LogP contribution in [0.3, 0.4) is 0 Å². The zero-order valence-electron chi connectivity index (χ0n) is 11.9. The minimum Gasteiger partial charge on any atom is -0.497 e. The number of nitrogens with zero attached hydrogens (tertiary/aromatic N) is 4. The van der Waals surface area contributed by atoms with Crippen molar-refractivity contribution in [3.05, 3.63) is 24.3 Å². The first-order valence-corrected chi connectivity index (χ1v) is 6.41. The minimum atomic E-state index is -0.189. The lowest BCUT2D eigenvalue weighted by atomic mass is 10.2. The number of rotatable bonds is 7. The van der Waals surface area contributed by atoms with E-state index in [1.165, 1.54) is 4.80 Å². The van der Waals surface area contributed by atoms with Crippen LogP contribution in [0.25, 0.3) is 11.4 Å². The molecule has 1 aromatic carbocycles. The number of aromatic nitrogens is 4. The monoisotopic (exact) mass is 291 g/mol. The summed E-state index contributed by atoms with van der Waals surface area (Å²) in [5.74, 6) is 1.02. The zero-order chi connectivity index (χ0) is 15.1. The third-order valence-electron chi connectivity index (χ3n) is 2.71. The van der Waals surface area contributed by atoms with Gasteiger partial charge in [0, 0.05) is 19.2 Å². The van der Waals surface area contributed by atoms with Crippen LogP contribution < -0.4 is 10.1 Å². The fraction of sp³-hybridized carbons (Fsp3) is 0.385. The van der Waals surface area contributed by atoms with Crippen molar-refractivity contribution in [1.82, 2.24) is 25.5 Å². The molecule has 0 saturated heterocycles. The fourth-order valence-electron chi connectivity index (χ4n) is 1.64. The molecule has 1 N–H and O–H groups in total. The predicted molar refractivity (Wildman–Crippen MR) is 74.7 cm³/mol. The number of methoxy groups -OCH3 is 2. The summed E-state index contributed by atoms with van der Waals surface area (Å²) in [7, 11) is 3.18. The normalized spacial score (nSPS) is 10.4. The van der Waals surface area contributed by atoms with Crippen LogP contribution >= 0.6 is 0 Å². The molecule has 1 aromatic heterocycles. The van der Waals surface area contributed by atoms with E-state index in [0.29, 0.717) is 19.0 Å². The lowest BCUT2D eigenvalue weighted by Gasteiger charge is -2.02. The van der Waals surface area contributed by atoms with Gasteiger partial charge in [-0.05, 0) is 29.5 Å². The van der Waals surface area contributed by atoms with Crippen molar-refractivity contribution >= 4 is 5.91 Å². The number of hydrogen-bond acceptors (Lipinski definition) is 6. The molecule has 0 saturated carbocycles. The van der Waals surface area contributed by atoms with Crippen LogP contribution in [0.15, 0.2) is 24.3 Å². The highest BCUT2D eigenvalue weighted by molar-refractivity contribution is 5.75. The first kappa shape index (κ1) is 14.9. The number of hydrogen-bond donors (Lipinski definition) is 1. The highest BCUT2D eigenvalue weighted by Gasteiger charge is 2.09. The second-order valence-corrected chi connectivity index (χ2v) is 4.21. The van der Waals surface area contributed by atoms with E-state index in [9.17, 15) is 4.79 Å². The van der Waals surface area contributed by atoms with Gasteiger partial charge in [0.25, 0.3) is 0 Å². The smallest absolute Gasteiger partial charge is 0.243 e. The van der Waals surface area contributed by atoms with Crippen LogP contribution in [-0.2, 0) is 16.1 Å². The lowest BCUT2D eigenvalue weighted by Crippen LogP contribution is -2.31. The number of tetrazole rings is 1. The molecule has 8 nitrogen and oxygen atoms in total. The Morgan fingerprint density at radius 3 is 2.71 bits per heavy atom. The van der Waals surface area contributed by atoms with Gasteiger partial charge in [-0.3, -0.25) is 4.79 Å². The van der Waals surface area contributed by atoms with Gasteiger partial charge in [0.05, 0.1) is 13.7 Å². The summed E-state index contributed by atoms with van der Waals surface area (Å²) in [5.41, 5.74) is 0.807. The van der Waals surface area contributed by atoms with E-state index in [1.807, 2.05) is 24.3 Å². The largest absolute Gasteiger partial charge is 0.497 e. The molecule has 2 aromatic rings. The van der Waals surface area contributed by atoms with E-state index < -0.39 is 0 Å². The summed E-state index contributed by atoms with van der Waals surface area (Å²) in [4.78, 5) is 12.9. The molecule has 8 heteroatoms. The van der Waals surface area contributed by atoms with Crippen LogP contribution in [0.5, 0.6) is 5.75 Å². The average molecular weight is 291 g/mol. The number of benzene rings is 1. The fourth-order valence-corrected chi connectivity index (χ4v) is 1.64. The Bertz CT molecular complexity index is 582. The van der Waals surface area contributed by atoms with Gasteiger partial charge in [0.15, 0.2) is 0 Å². The highest BCUT2D eigenvalue weighted by atomic mass is 16.5. The van der Waals surface area contributed by atoms with E-state index in [2.05, 4.69) is 20.7 Å². The molecule has 0 spiro atoms. The molecule has 1 heterocycles. The van der Waals surface area contributed by atoms with Crippen LogP contribution in [0.1, 0.15) is 0 Å². The van der Waals surface area contributed by atoms with Gasteiger partial charge in [-0.15, -0.1) is 10.2 Å². The van der Waals surface area contributed by atoms with E-state index >= 15 is 0 Å². The molecule has 0 aliphatic carbocycles. The standard InChI is InChI=1S/C13H17N5O3/c1-20-8-7-14-12(19)9-18-16-13(15-17-18)10-3-5-11(21-2)6-4-10/h3-6H,7-9H2,1-2H3,(H,14,19). The molecule has 0 fully saturated rings. The zero-order valence-corrected chi connectivity index (χ0v) is 11.9. The maximum Gasteiger partial charge on any atom is 0.243 e. The molecular formula is C13H17N5O3. The Labute approximate surface area is 122 Å². The van der Waals surface area contributed by atoms with Gasteiger partial charge < -0.3 is 14.8 Å². The minimum absolute atomic E-state index is 0.0207. The molecule has 1 amide bonds. The summed E-state index contributed by atoms with van der Waals surface area (Å²) in [6, 6.07) is 7.29. The Balaban J connectivity index is 1.95. The van der Waals surface area contributed by atoms with Crippen molar-refractivity contribution in [2.24, 2.45) is 0 Å². The SMILES string of the molecule is COCCNC(=O)Cn1nnc(-c2ccc(OC)cc2)n1. The van der Waals surface area contributed by atoms with Gasteiger partial charge in [-0.2, -0.15) is 4.80 Å². The van der Waals surface area contributed by atoms with Gasteiger partial charge >= 0.3 is 0 Å². The van der Waals surface area contributed by atoms with E-state index in [0.717, 1.165) is 11.3 Å². The second kappa shape index (κ2) is 7.34. The summed E-state index contributed by atoms with van der Waals surface area (Å²) >= 11 is 0. The quantitative estimate of drug-likeness (QED) is 0.728. The number of amides is 1. The topological polar surface area (TPSA) is 91.2 Å². The van der Waals surface area contributed by atoms with E-state index in [-0.39, 0.29) is 12.5 Å². The molecule has 0 atom stereocenters. The third kappa shape index (κ3) is 4.25. The second-order valence-electron chi connectivity index (χ2n) is 4.21. The van der Waals surface area contributed by atoms with Crippen molar-refractivity contribution in [2.45, 2.75) is 6.54 Å². The van der Waals surface area contributed by atoms with Crippen molar-refractivity contribution < 1.29 is 14.3 Å². The molecule has 21 heavy (non-hydrogen) atoms. The molecule has 112 valence electrons. The van der Waals surface area contributed by atoms with E-state index in [1.54, 1.807) is 14.2 Å². The predicted octanol–water partition coefficient (Wildman–Crippen LogP) is 0.111. The molecule has 0 aliphatic heterocycles. The molecule has 2 rings (SSSR count). The van der Waals surface area contributed by atoms with Crippen molar-refractivity contribution in [3.63, 3.8) is 0 Å². The lowest BCUT2D eigenvalue weighted by molar-refractivity contribution is -0.122. The van der Waals surface area contributed by atoms with Gasteiger partial charge in [0.1, 0.15) is 12.3 Å².